The Morgan fingerprint density at radius 1 is 1.00 bits per heavy atom. The van der Waals surface area contributed by atoms with Gasteiger partial charge in [-0.2, -0.15) is 11.3 Å². The van der Waals surface area contributed by atoms with Crippen LogP contribution in [-0.4, -0.2) is 16.8 Å². The van der Waals surface area contributed by atoms with E-state index in [9.17, 15) is 9.59 Å². The molecule has 6 heteroatoms. The third-order valence-electron chi connectivity index (χ3n) is 3.30. The first-order valence-electron chi connectivity index (χ1n) is 7.33. The van der Waals surface area contributed by atoms with E-state index in [2.05, 4.69) is 15.6 Å². The number of aromatic nitrogens is 1. The number of nitrogens with zero attached hydrogens (tertiary/aromatic N) is 1. The molecule has 1 aromatic carbocycles. The lowest BCUT2D eigenvalue weighted by Crippen LogP contribution is -2.15. The molecule has 0 aliphatic rings. The normalized spacial score (nSPS) is 10.2. The number of benzene rings is 1. The number of hydrogen-bond donors (Lipinski definition) is 2. The quantitative estimate of drug-likeness (QED) is 0.747. The molecule has 0 atom stereocenters. The molecule has 2 amide bonds. The van der Waals surface area contributed by atoms with E-state index < -0.39 is 0 Å². The van der Waals surface area contributed by atoms with Crippen molar-refractivity contribution in [1.82, 2.24) is 4.98 Å². The van der Waals surface area contributed by atoms with Crippen LogP contribution in [0.5, 0.6) is 0 Å². The van der Waals surface area contributed by atoms with E-state index in [1.807, 2.05) is 16.8 Å². The summed E-state index contributed by atoms with van der Waals surface area (Å²) < 4.78 is 0. The Balaban J connectivity index is 1.58. The highest BCUT2D eigenvalue weighted by atomic mass is 32.1. The van der Waals surface area contributed by atoms with Crippen molar-refractivity contribution in [3.05, 3.63) is 76.7 Å². The maximum Gasteiger partial charge on any atom is 0.255 e. The van der Waals surface area contributed by atoms with Gasteiger partial charge in [0.2, 0.25) is 5.91 Å². The standard InChI is InChI=1S/C18H15N3O2S/c22-17(10-13-7-9-24-12-13)20-15-5-3-14(4-6-15)18(23)21-16-2-1-8-19-11-16/h1-9,11-12H,10H2,(H,20,22)(H,21,23). The minimum atomic E-state index is -0.223. The number of anilines is 2. The summed E-state index contributed by atoms with van der Waals surface area (Å²) in [6.07, 6.45) is 3.56. The van der Waals surface area contributed by atoms with Gasteiger partial charge in [0.1, 0.15) is 0 Å². The molecule has 0 spiro atoms. The van der Waals surface area contributed by atoms with Crippen LogP contribution in [0.1, 0.15) is 15.9 Å². The van der Waals surface area contributed by atoms with Gasteiger partial charge in [-0.15, -0.1) is 0 Å². The van der Waals surface area contributed by atoms with Crippen molar-refractivity contribution in [3.8, 4) is 0 Å². The highest BCUT2D eigenvalue weighted by molar-refractivity contribution is 7.08. The monoisotopic (exact) mass is 337 g/mol. The van der Waals surface area contributed by atoms with Crippen molar-refractivity contribution in [2.45, 2.75) is 6.42 Å². The molecule has 2 N–H and O–H groups in total. The van der Waals surface area contributed by atoms with Crippen LogP contribution in [-0.2, 0) is 11.2 Å². The molecular formula is C18H15N3O2S. The summed E-state index contributed by atoms with van der Waals surface area (Å²) in [5.74, 6) is -0.305. The van der Waals surface area contributed by atoms with Gasteiger partial charge in [0.25, 0.3) is 5.91 Å². The summed E-state index contributed by atoms with van der Waals surface area (Å²) in [4.78, 5) is 28.0. The van der Waals surface area contributed by atoms with Gasteiger partial charge >= 0.3 is 0 Å². The van der Waals surface area contributed by atoms with Gasteiger partial charge in [0.15, 0.2) is 0 Å². The molecule has 0 aliphatic heterocycles. The molecule has 0 radical (unpaired) electrons. The number of carbonyl (C=O) groups is 2. The second-order valence-electron chi connectivity index (χ2n) is 5.13. The van der Waals surface area contributed by atoms with Crippen LogP contribution in [0.4, 0.5) is 11.4 Å². The Bertz CT molecular complexity index is 815. The molecule has 3 rings (SSSR count). The summed E-state index contributed by atoms with van der Waals surface area (Å²) >= 11 is 1.56. The summed E-state index contributed by atoms with van der Waals surface area (Å²) in [6.45, 7) is 0. The lowest BCUT2D eigenvalue weighted by molar-refractivity contribution is -0.115. The second kappa shape index (κ2) is 7.52. The van der Waals surface area contributed by atoms with Crippen LogP contribution < -0.4 is 10.6 Å². The Morgan fingerprint density at radius 2 is 1.83 bits per heavy atom. The molecule has 0 unspecified atom stereocenters. The number of rotatable bonds is 5. The van der Waals surface area contributed by atoms with E-state index in [0.29, 0.717) is 23.4 Å². The minimum absolute atomic E-state index is 0.0824. The van der Waals surface area contributed by atoms with Crippen LogP contribution in [0.15, 0.2) is 65.6 Å². The first-order valence-corrected chi connectivity index (χ1v) is 8.27. The van der Waals surface area contributed by atoms with Gasteiger partial charge < -0.3 is 10.6 Å². The van der Waals surface area contributed by atoms with Crippen LogP contribution >= 0.6 is 11.3 Å². The molecule has 2 heterocycles. The van der Waals surface area contributed by atoms with E-state index in [4.69, 9.17) is 0 Å². The van der Waals surface area contributed by atoms with Crippen LogP contribution in [0, 0.1) is 0 Å². The largest absolute Gasteiger partial charge is 0.326 e. The SMILES string of the molecule is O=C(Cc1ccsc1)Nc1ccc(C(=O)Nc2cccnc2)cc1. The average molecular weight is 337 g/mol. The maximum absolute atomic E-state index is 12.1. The van der Waals surface area contributed by atoms with Gasteiger partial charge in [0, 0.05) is 17.4 Å². The van der Waals surface area contributed by atoms with Gasteiger partial charge in [-0.3, -0.25) is 14.6 Å². The smallest absolute Gasteiger partial charge is 0.255 e. The first-order chi connectivity index (χ1) is 11.7. The zero-order valence-electron chi connectivity index (χ0n) is 12.7. The predicted molar refractivity (Wildman–Crippen MR) is 95.3 cm³/mol. The number of nitrogens with one attached hydrogen (secondary N) is 2. The summed E-state index contributed by atoms with van der Waals surface area (Å²) in [7, 11) is 0. The Hall–Kier alpha value is -2.99. The predicted octanol–water partition coefficient (Wildman–Crippen LogP) is 3.58. The molecule has 0 bridgehead atoms. The molecule has 2 aromatic heterocycles. The third kappa shape index (κ3) is 4.27. The molecular weight excluding hydrogens is 322 g/mol. The van der Waals surface area contributed by atoms with Crippen molar-refractivity contribution in [2.24, 2.45) is 0 Å². The number of thiophene rings is 1. The molecule has 0 aliphatic carbocycles. The number of carbonyl (C=O) groups excluding carboxylic acids is 2. The maximum atomic E-state index is 12.1. The number of amides is 2. The molecule has 0 saturated heterocycles. The lowest BCUT2D eigenvalue weighted by Gasteiger charge is -2.07. The van der Waals surface area contributed by atoms with E-state index in [-0.39, 0.29) is 11.8 Å². The average Bonchev–Trinajstić information content (AvgIpc) is 3.09. The number of pyridine rings is 1. The summed E-state index contributed by atoms with van der Waals surface area (Å²) in [5, 5.41) is 9.47. The molecule has 24 heavy (non-hydrogen) atoms. The van der Waals surface area contributed by atoms with Gasteiger partial charge in [-0.1, -0.05) is 0 Å². The highest BCUT2D eigenvalue weighted by Gasteiger charge is 2.08. The minimum Gasteiger partial charge on any atom is -0.326 e. The zero-order chi connectivity index (χ0) is 16.8. The molecule has 5 nitrogen and oxygen atoms in total. The second-order valence-corrected chi connectivity index (χ2v) is 5.91. The van der Waals surface area contributed by atoms with Crippen LogP contribution in [0.25, 0.3) is 0 Å². The Kier molecular flexibility index (Phi) is 4.98. The van der Waals surface area contributed by atoms with E-state index in [1.165, 1.54) is 0 Å². The Labute approximate surface area is 143 Å². The molecule has 0 saturated carbocycles. The molecule has 3 aromatic rings. The Morgan fingerprint density at radius 3 is 2.50 bits per heavy atom. The summed E-state index contributed by atoms with van der Waals surface area (Å²) in [6, 6.07) is 12.2. The van der Waals surface area contributed by atoms with Crippen molar-refractivity contribution in [3.63, 3.8) is 0 Å². The summed E-state index contributed by atoms with van der Waals surface area (Å²) in [5.41, 5.74) is 2.79. The van der Waals surface area contributed by atoms with Crippen molar-refractivity contribution >= 4 is 34.5 Å². The lowest BCUT2D eigenvalue weighted by atomic mass is 10.2. The third-order valence-corrected chi connectivity index (χ3v) is 4.03. The fraction of sp³-hybridized carbons (Fsp3) is 0.0556. The van der Waals surface area contributed by atoms with Crippen LogP contribution in [0.2, 0.25) is 0 Å². The van der Waals surface area contributed by atoms with Gasteiger partial charge in [0.05, 0.1) is 18.3 Å². The van der Waals surface area contributed by atoms with Crippen LogP contribution in [0.3, 0.4) is 0 Å². The fourth-order valence-corrected chi connectivity index (χ4v) is 2.80. The van der Waals surface area contributed by atoms with E-state index >= 15 is 0 Å². The zero-order valence-corrected chi connectivity index (χ0v) is 13.5. The number of hydrogen-bond acceptors (Lipinski definition) is 4. The highest BCUT2D eigenvalue weighted by Crippen LogP contribution is 2.13. The van der Waals surface area contributed by atoms with Crippen molar-refractivity contribution in [2.75, 3.05) is 10.6 Å². The van der Waals surface area contributed by atoms with Crippen molar-refractivity contribution < 1.29 is 9.59 Å². The van der Waals surface area contributed by atoms with Gasteiger partial charge in [-0.25, -0.2) is 0 Å². The van der Waals surface area contributed by atoms with E-state index in [0.717, 1.165) is 5.56 Å². The first kappa shape index (κ1) is 15.9. The fourth-order valence-electron chi connectivity index (χ4n) is 2.13. The molecule has 120 valence electrons. The van der Waals surface area contributed by atoms with Crippen molar-refractivity contribution in [1.29, 1.82) is 0 Å². The molecule has 0 fully saturated rings. The topological polar surface area (TPSA) is 71.1 Å². The van der Waals surface area contributed by atoms with Gasteiger partial charge in [-0.05, 0) is 58.8 Å². The van der Waals surface area contributed by atoms with E-state index in [1.54, 1.807) is 60.1 Å².